The van der Waals surface area contributed by atoms with Crippen LogP contribution in [0, 0.1) is 5.92 Å². The second-order valence-corrected chi connectivity index (χ2v) is 4.42. The summed E-state index contributed by atoms with van der Waals surface area (Å²) in [6.45, 7) is 0. The summed E-state index contributed by atoms with van der Waals surface area (Å²) in [5, 5.41) is 1.22. The highest BCUT2D eigenvalue weighted by atomic mass is 31.0. The first-order valence-corrected chi connectivity index (χ1v) is 5.32. The molecular formula is C11H15P. The molecule has 12 heavy (non-hydrogen) atoms. The van der Waals surface area contributed by atoms with Crippen LogP contribution in [0.25, 0.3) is 0 Å². The fourth-order valence-electron chi connectivity index (χ4n) is 1.80. The van der Waals surface area contributed by atoms with Gasteiger partial charge in [0.2, 0.25) is 0 Å². The molecule has 1 heteroatoms. The predicted molar refractivity (Wildman–Crippen MR) is 57.1 cm³/mol. The lowest BCUT2D eigenvalue weighted by molar-refractivity contribution is 0.297. The third-order valence-corrected chi connectivity index (χ3v) is 3.19. The van der Waals surface area contributed by atoms with Gasteiger partial charge in [-0.15, -0.1) is 8.86 Å². The summed E-state index contributed by atoms with van der Waals surface area (Å²) in [4.78, 5) is 0. The van der Waals surface area contributed by atoms with E-state index >= 15 is 0 Å². The Bertz CT molecular complexity index is 244. The summed E-state index contributed by atoms with van der Waals surface area (Å²) < 4.78 is 0. The van der Waals surface area contributed by atoms with E-state index in [1.165, 1.54) is 43.0 Å². The molecule has 0 saturated heterocycles. The van der Waals surface area contributed by atoms with Crippen LogP contribution in [0.1, 0.15) is 32.1 Å². The van der Waals surface area contributed by atoms with Crippen molar-refractivity contribution < 1.29 is 0 Å². The molecule has 0 nitrogen and oxygen atoms in total. The van der Waals surface area contributed by atoms with Crippen molar-refractivity contribution in [2.75, 3.05) is 0 Å². The number of hydrogen-bond donors (Lipinski definition) is 0. The Morgan fingerprint density at radius 2 is 2.17 bits per heavy atom. The van der Waals surface area contributed by atoms with Crippen molar-refractivity contribution in [2.24, 2.45) is 5.92 Å². The number of rotatable bonds is 3. The molecule has 2 aliphatic carbocycles. The maximum atomic E-state index is 3.52. The van der Waals surface area contributed by atoms with Gasteiger partial charge >= 0.3 is 0 Å². The molecule has 0 atom stereocenters. The maximum absolute atomic E-state index is 3.52. The molecule has 0 radical (unpaired) electrons. The van der Waals surface area contributed by atoms with E-state index in [0.29, 0.717) is 0 Å². The molecule has 2 aliphatic rings. The Hall–Kier alpha value is -0.350. The summed E-state index contributed by atoms with van der Waals surface area (Å²) in [6, 6.07) is 0. The highest BCUT2D eigenvalue weighted by Gasteiger charge is 2.17. The summed E-state index contributed by atoms with van der Waals surface area (Å²) in [5.74, 6) is 1.04. The minimum atomic E-state index is 1.04. The summed E-state index contributed by atoms with van der Waals surface area (Å²) in [5.41, 5.74) is 1.49. The van der Waals surface area contributed by atoms with Crippen LogP contribution in [0.4, 0.5) is 0 Å². The Labute approximate surface area is 76.6 Å². The van der Waals surface area contributed by atoms with Gasteiger partial charge in [0.05, 0.1) is 0 Å². The van der Waals surface area contributed by atoms with E-state index in [4.69, 9.17) is 0 Å². The van der Waals surface area contributed by atoms with E-state index in [1.807, 2.05) is 0 Å². The van der Waals surface area contributed by atoms with Gasteiger partial charge in [0.1, 0.15) is 0 Å². The minimum absolute atomic E-state index is 1.04. The van der Waals surface area contributed by atoms with Gasteiger partial charge in [-0.25, -0.2) is 0 Å². The predicted octanol–water partition coefficient (Wildman–Crippen LogP) is 3.38. The van der Waals surface area contributed by atoms with E-state index in [2.05, 4.69) is 27.1 Å². The van der Waals surface area contributed by atoms with Crippen molar-refractivity contribution in [3.8, 4) is 0 Å². The van der Waals surface area contributed by atoms with Gasteiger partial charge in [0.25, 0.3) is 0 Å². The molecule has 0 unspecified atom stereocenters. The minimum Gasteiger partial charge on any atom is -0.114 e. The van der Waals surface area contributed by atoms with Crippen LogP contribution < -0.4 is 0 Å². The quantitative estimate of drug-likeness (QED) is 0.581. The number of hydrogen-bond acceptors (Lipinski definition) is 0. The first-order chi connectivity index (χ1) is 5.84. The highest BCUT2D eigenvalue weighted by Crippen LogP contribution is 2.32. The van der Waals surface area contributed by atoms with Crippen molar-refractivity contribution in [3.05, 3.63) is 23.8 Å². The summed E-state index contributed by atoms with van der Waals surface area (Å²) in [7, 11) is 3.52. The van der Waals surface area contributed by atoms with Crippen molar-refractivity contribution in [3.63, 3.8) is 0 Å². The lowest BCUT2D eigenvalue weighted by atomic mass is 9.81. The van der Waals surface area contributed by atoms with Crippen LogP contribution >= 0.6 is 8.86 Å². The normalized spacial score (nSPS) is 22.7. The second kappa shape index (κ2) is 3.58. The average Bonchev–Trinajstić information content (AvgIpc) is 2.32. The molecule has 0 bridgehead atoms. The Kier molecular flexibility index (Phi) is 2.46. The standard InChI is InChI=1S/C11H15P/c12-11-7-6-10(8-11)5-4-9-2-1-3-9/h6-9,12H,1-5H2. The van der Waals surface area contributed by atoms with Gasteiger partial charge in [0.15, 0.2) is 0 Å². The van der Waals surface area contributed by atoms with Crippen molar-refractivity contribution in [1.29, 1.82) is 0 Å². The van der Waals surface area contributed by atoms with Gasteiger partial charge in [-0.2, -0.15) is 0 Å². The van der Waals surface area contributed by atoms with Crippen LogP contribution in [-0.2, 0) is 0 Å². The molecule has 1 fully saturated rings. The number of allylic oxidation sites excluding steroid dienone is 4. The van der Waals surface area contributed by atoms with Gasteiger partial charge in [-0.05, 0) is 35.7 Å². The van der Waals surface area contributed by atoms with Crippen LogP contribution in [0.2, 0.25) is 0 Å². The third-order valence-electron chi connectivity index (χ3n) is 2.88. The van der Waals surface area contributed by atoms with E-state index in [1.54, 1.807) is 0 Å². The zero-order valence-electron chi connectivity index (χ0n) is 7.34. The Balaban J connectivity index is 1.76. The molecule has 2 rings (SSSR count). The van der Waals surface area contributed by atoms with Crippen LogP contribution in [0.5, 0.6) is 0 Å². The molecule has 0 N–H and O–H groups in total. The zero-order valence-corrected chi connectivity index (χ0v) is 8.34. The van der Waals surface area contributed by atoms with E-state index in [-0.39, 0.29) is 0 Å². The first-order valence-electron chi connectivity index (χ1n) is 4.82. The van der Waals surface area contributed by atoms with Crippen LogP contribution in [0.3, 0.4) is 0 Å². The lowest BCUT2D eigenvalue weighted by Gasteiger charge is -2.25. The van der Waals surface area contributed by atoms with Gasteiger partial charge in [0, 0.05) is 0 Å². The maximum Gasteiger partial charge on any atom is -0.00525 e. The largest absolute Gasteiger partial charge is 0.114 e. The van der Waals surface area contributed by atoms with Crippen LogP contribution in [-0.4, -0.2) is 5.29 Å². The molecule has 0 heterocycles. The summed E-state index contributed by atoms with van der Waals surface area (Å²) in [6.07, 6.45) is 13.7. The Morgan fingerprint density at radius 1 is 1.33 bits per heavy atom. The van der Waals surface area contributed by atoms with E-state index < -0.39 is 0 Å². The molecule has 0 aromatic carbocycles. The molecule has 0 aromatic rings. The smallest absolute Gasteiger partial charge is 0.00525 e. The zero-order chi connectivity index (χ0) is 8.39. The highest BCUT2D eigenvalue weighted by molar-refractivity contribution is 7.22. The van der Waals surface area contributed by atoms with Crippen LogP contribution in [0.15, 0.2) is 23.8 Å². The van der Waals surface area contributed by atoms with Gasteiger partial charge in [-0.3, -0.25) is 0 Å². The monoisotopic (exact) mass is 178 g/mol. The molecule has 0 spiro atoms. The van der Waals surface area contributed by atoms with Crippen molar-refractivity contribution in [2.45, 2.75) is 32.1 Å². The summed E-state index contributed by atoms with van der Waals surface area (Å²) >= 11 is 0. The fraction of sp³-hybridized carbons (Fsp3) is 0.545. The van der Waals surface area contributed by atoms with Crippen molar-refractivity contribution in [1.82, 2.24) is 0 Å². The van der Waals surface area contributed by atoms with Gasteiger partial charge < -0.3 is 0 Å². The molecule has 64 valence electrons. The molecule has 1 saturated carbocycles. The molecule has 0 amide bonds. The molecule has 0 aliphatic heterocycles. The van der Waals surface area contributed by atoms with Gasteiger partial charge in [-0.1, -0.05) is 31.4 Å². The Morgan fingerprint density at radius 3 is 2.67 bits per heavy atom. The third kappa shape index (κ3) is 1.87. The van der Waals surface area contributed by atoms with E-state index in [9.17, 15) is 0 Å². The van der Waals surface area contributed by atoms with E-state index in [0.717, 1.165) is 5.92 Å². The SMILES string of the molecule is P=C1C=CC(CCC2CCC2)=C1. The fourth-order valence-corrected chi connectivity index (χ4v) is 2.07. The topological polar surface area (TPSA) is 0 Å². The second-order valence-electron chi connectivity index (χ2n) is 3.84. The molecular weight excluding hydrogens is 163 g/mol. The first kappa shape index (κ1) is 8.26. The van der Waals surface area contributed by atoms with Crippen molar-refractivity contribution >= 4 is 14.2 Å². The average molecular weight is 178 g/mol. The molecule has 0 aromatic heterocycles. The lowest BCUT2D eigenvalue weighted by Crippen LogP contribution is -2.10.